The van der Waals surface area contributed by atoms with Gasteiger partial charge in [0.15, 0.2) is 0 Å². The molecule has 45 heavy (non-hydrogen) atoms. The second-order valence-corrected chi connectivity index (χ2v) is 14.1. The molecule has 3 aliphatic rings. The van der Waals surface area contributed by atoms with Crippen LogP contribution in [-0.2, 0) is 28.7 Å². The molecule has 12 heteroatoms. The van der Waals surface area contributed by atoms with E-state index in [2.05, 4.69) is 34.4 Å². The third kappa shape index (κ3) is 7.01. The first-order chi connectivity index (χ1) is 21.4. The van der Waals surface area contributed by atoms with Gasteiger partial charge in [-0.05, 0) is 56.4 Å². The number of esters is 1. The van der Waals surface area contributed by atoms with E-state index in [1.807, 2.05) is 13.8 Å². The number of carbonyl (C=O) groups excluding carboxylic acids is 4. The molecule has 1 aromatic carbocycles. The molecule has 4 rings (SSSR count). The van der Waals surface area contributed by atoms with Gasteiger partial charge in [-0.25, -0.2) is 0 Å². The number of ether oxygens (including phenoxy) is 2. The highest BCUT2D eigenvalue weighted by Gasteiger charge is 2.77. The molecule has 8 atom stereocenters. The van der Waals surface area contributed by atoms with E-state index in [-0.39, 0.29) is 42.8 Å². The summed E-state index contributed by atoms with van der Waals surface area (Å²) < 4.78 is 12.4. The fourth-order valence-corrected chi connectivity index (χ4v) is 8.02. The van der Waals surface area contributed by atoms with Gasteiger partial charge in [0.1, 0.15) is 17.7 Å². The number of hydrogen-bond donors (Lipinski definition) is 2. The Labute approximate surface area is 278 Å². The molecular weight excluding hydrogens is 666 g/mol. The fraction of sp³-hybridized carbons (Fsp3) is 0.576. The van der Waals surface area contributed by atoms with Crippen LogP contribution in [0.15, 0.2) is 49.6 Å². The number of aliphatic hydroxyl groups is 1. The minimum Gasteiger partial charge on any atom is -0.460 e. The van der Waals surface area contributed by atoms with Crippen LogP contribution in [0.25, 0.3) is 0 Å². The molecule has 2 bridgehead atoms. The van der Waals surface area contributed by atoms with Gasteiger partial charge in [-0.15, -0.1) is 13.2 Å². The third-order valence-corrected chi connectivity index (χ3v) is 9.87. The summed E-state index contributed by atoms with van der Waals surface area (Å²) in [6.07, 6.45) is 3.43. The number of alkyl halides is 1. The SMILES string of the molecule is C=CCCC(=O)NC[C@@H](C)OC(=O)[C@H]1[C@@H]2O[C@@]3(CC2Br)[C@@H]1C(=O)N([C@@H](CO)CC(C)C)[C@@H]3C(=O)N(CC=C)c1ccc(Cl)cc1. The Morgan fingerprint density at radius 2 is 1.93 bits per heavy atom. The summed E-state index contributed by atoms with van der Waals surface area (Å²) in [6.45, 7) is 13.0. The van der Waals surface area contributed by atoms with Crippen molar-refractivity contribution < 1.29 is 33.8 Å². The van der Waals surface area contributed by atoms with Crippen molar-refractivity contribution in [1.29, 1.82) is 0 Å². The zero-order valence-electron chi connectivity index (χ0n) is 26.0. The molecule has 0 radical (unpaired) electrons. The number of anilines is 1. The molecule has 1 spiro atoms. The minimum absolute atomic E-state index is 0.104. The van der Waals surface area contributed by atoms with Crippen molar-refractivity contribution in [3.63, 3.8) is 0 Å². The number of amides is 3. The van der Waals surface area contributed by atoms with Crippen molar-refractivity contribution in [3.8, 4) is 0 Å². The maximum absolute atomic E-state index is 14.7. The number of benzene rings is 1. The number of nitrogens with one attached hydrogen (secondary N) is 1. The van der Waals surface area contributed by atoms with Crippen molar-refractivity contribution in [2.24, 2.45) is 17.8 Å². The fourth-order valence-electron chi connectivity index (χ4n) is 6.95. The lowest BCUT2D eigenvalue weighted by Crippen LogP contribution is -2.59. The average Bonchev–Trinajstić information content (AvgIpc) is 3.59. The Morgan fingerprint density at radius 3 is 2.53 bits per heavy atom. The van der Waals surface area contributed by atoms with Crippen LogP contribution in [0.3, 0.4) is 0 Å². The zero-order valence-corrected chi connectivity index (χ0v) is 28.3. The quantitative estimate of drug-likeness (QED) is 0.160. The van der Waals surface area contributed by atoms with Crippen LogP contribution in [0.5, 0.6) is 0 Å². The van der Waals surface area contributed by atoms with Gasteiger partial charge < -0.3 is 29.7 Å². The number of allylic oxidation sites excluding steroid dienone is 1. The largest absolute Gasteiger partial charge is 0.460 e. The lowest BCUT2D eigenvalue weighted by Gasteiger charge is -2.39. The number of halogens is 2. The number of likely N-dealkylation sites (tertiary alicyclic amines) is 1. The first kappa shape index (κ1) is 35.1. The summed E-state index contributed by atoms with van der Waals surface area (Å²) in [5.74, 6) is -3.52. The second kappa shape index (κ2) is 14.8. The number of aliphatic hydroxyl groups excluding tert-OH is 1. The average molecular weight is 709 g/mol. The molecule has 1 aromatic rings. The molecule has 1 unspecified atom stereocenters. The Kier molecular flexibility index (Phi) is 11.5. The Bertz CT molecular complexity index is 1290. The van der Waals surface area contributed by atoms with Crippen LogP contribution in [-0.4, -0.2) is 88.1 Å². The van der Waals surface area contributed by atoms with Gasteiger partial charge in [-0.2, -0.15) is 0 Å². The van der Waals surface area contributed by atoms with Gasteiger partial charge in [0.2, 0.25) is 11.8 Å². The molecule has 0 saturated carbocycles. The minimum atomic E-state index is -1.34. The Morgan fingerprint density at radius 1 is 1.24 bits per heavy atom. The van der Waals surface area contributed by atoms with Gasteiger partial charge in [0.25, 0.3) is 5.91 Å². The summed E-state index contributed by atoms with van der Waals surface area (Å²) >= 11 is 9.80. The van der Waals surface area contributed by atoms with E-state index < -0.39 is 59.5 Å². The van der Waals surface area contributed by atoms with E-state index in [1.54, 1.807) is 43.3 Å². The second-order valence-electron chi connectivity index (χ2n) is 12.5. The maximum Gasteiger partial charge on any atom is 0.312 e. The summed E-state index contributed by atoms with van der Waals surface area (Å²) in [5.41, 5.74) is -0.779. The van der Waals surface area contributed by atoms with E-state index in [0.717, 1.165) is 0 Å². The van der Waals surface area contributed by atoms with Crippen molar-refractivity contribution >= 4 is 56.9 Å². The summed E-state index contributed by atoms with van der Waals surface area (Å²) in [6, 6.07) is 4.99. The van der Waals surface area contributed by atoms with Crippen LogP contribution in [0, 0.1) is 17.8 Å². The molecule has 3 amide bonds. The van der Waals surface area contributed by atoms with Crippen LogP contribution in [0.4, 0.5) is 5.69 Å². The standard InChI is InChI=1S/C33H43BrClN3O7/c1-6-8-9-25(40)36-17-20(5)44-32(43)26-27-30(41)38(23(18-39)15-19(3)4)29(33(27)16-24(34)28(26)45-33)31(42)37(14-7-2)22-12-10-21(35)11-13-22/h6-7,10-13,19-20,23-24,26-29,39H,1-2,8-9,14-18H2,3-5H3,(H,36,40)/t20-,23-,24?,26-,27+,28-,29-,33+/m1/s1. The van der Waals surface area contributed by atoms with Crippen LogP contribution in [0.2, 0.25) is 5.02 Å². The number of fused-ring (bicyclic) bond motifs is 1. The first-order valence-electron chi connectivity index (χ1n) is 15.4. The van der Waals surface area contributed by atoms with Crippen molar-refractivity contribution in [1.82, 2.24) is 10.2 Å². The third-order valence-electron chi connectivity index (χ3n) is 8.78. The summed E-state index contributed by atoms with van der Waals surface area (Å²) in [7, 11) is 0. The van der Waals surface area contributed by atoms with E-state index >= 15 is 0 Å². The molecule has 3 aliphatic heterocycles. The summed E-state index contributed by atoms with van der Waals surface area (Å²) in [4.78, 5) is 57.7. The molecule has 3 heterocycles. The van der Waals surface area contributed by atoms with Crippen LogP contribution in [0.1, 0.15) is 46.5 Å². The molecule has 10 nitrogen and oxygen atoms in total. The van der Waals surface area contributed by atoms with E-state index in [0.29, 0.717) is 30.0 Å². The van der Waals surface area contributed by atoms with Crippen LogP contribution >= 0.6 is 27.5 Å². The van der Waals surface area contributed by atoms with Gasteiger partial charge in [-0.3, -0.25) is 19.2 Å². The van der Waals surface area contributed by atoms with Crippen molar-refractivity contribution in [2.75, 3.05) is 24.6 Å². The summed E-state index contributed by atoms with van der Waals surface area (Å²) in [5, 5.41) is 13.8. The highest BCUT2D eigenvalue weighted by molar-refractivity contribution is 9.09. The van der Waals surface area contributed by atoms with Crippen molar-refractivity contribution in [3.05, 3.63) is 54.6 Å². The van der Waals surface area contributed by atoms with Gasteiger partial charge in [0, 0.05) is 28.5 Å². The molecule has 0 aliphatic carbocycles. The lowest BCUT2D eigenvalue weighted by molar-refractivity contribution is -0.159. The Balaban J connectivity index is 1.70. The number of rotatable bonds is 15. The topological polar surface area (TPSA) is 125 Å². The molecule has 0 aromatic heterocycles. The molecule has 3 fully saturated rings. The smallest absolute Gasteiger partial charge is 0.312 e. The molecule has 3 saturated heterocycles. The van der Waals surface area contributed by atoms with E-state index in [1.165, 1.54) is 9.80 Å². The normalized spacial score (nSPS) is 28.0. The van der Waals surface area contributed by atoms with Gasteiger partial charge in [-0.1, -0.05) is 53.5 Å². The molecular formula is C33H43BrClN3O7. The molecule has 2 N–H and O–H groups in total. The first-order valence-corrected chi connectivity index (χ1v) is 16.7. The lowest BCUT2D eigenvalue weighted by atomic mass is 9.70. The number of carbonyl (C=O) groups is 4. The predicted molar refractivity (Wildman–Crippen MR) is 175 cm³/mol. The van der Waals surface area contributed by atoms with Crippen molar-refractivity contribution in [2.45, 2.75) is 81.2 Å². The predicted octanol–water partition coefficient (Wildman–Crippen LogP) is 4.03. The number of hydrogen-bond acceptors (Lipinski definition) is 7. The van der Waals surface area contributed by atoms with Gasteiger partial charge >= 0.3 is 5.97 Å². The Hall–Kier alpha value is -2.73. The zero-order chi connectivity index (χ0) is 33.1. The highest BCUT2D eigenvalue weighted by Crippen LogP contribution is 2.61. The molecule has 246 valence electrons. The monoisotopic (exact) mass is 707 g/mol. The number of nitrogens with zero attached hydrogens (tertiary/aromatic N) is 2. The maximum atomic E-state index is 14.7. The van der Waals surface area contributed by atoms with Crippen LogP contribution < -0.4 is 10.2 Å². The highest BCUT2D eigenvalue weighted by atomic mass is 79.9. The van der Waals surface area contributed by atoms with Gasteiger partial charge in [0.05, 0.1) is 37.1 Å². The van der Waals surface area contributed by atoms with E-state index in [9.17, 15) is 24.3 Å². The van der Waals surface area contributed by atoms with E-state index in [4.69, 9.17) is 21.1 Å².